The third-order valence-electron chi connectivity index (χ3n) is 2.46. The molecule has 94 valence electrons. The highest BCUT2D eigenvalue weighted by Gasteiger charge is 2.03. The molecule has 0 amide bonds. The quantitative estimate of drug-likeness (QED) is 0.881. The van der Waals surface area contributed by atoms with E-state index in [9.17, 15) is 10.0 Å². The average molecular weight is 246 g/mol. The maximum Gasteiger partial charge on any atom is 0.223 e. The van der Waals surface area contributed by atoms with E-state index in [1.807, 2.05) is 30.3 Å². The summed E-state index contributed by atoms with van der Waals surface area (Å²) in [6.45, 7) is -0.258. The van der Waals surface area contributed by atoms with Gasteiger partial charge in [0.1, 0.15) is 6.61 Å². The van der Waals surface area contributed by atoms with E-state index in [2.05, 4.69) is 0 Å². The third kappa shape index (κ3) is 2.70. The number of aromatic nitrogens is 1. The molecule has 0 aliphatic heterocycles. The first kappa shape index (κ1) is 12.2. The molecule has 0 aliphatic carbocycles. The fourth-order valence-corrected chi connectivity index (χ4v) is 1.50. The summed E-state index contributed by atoms with van der Waals surface area (Å²) in [4.78, 5) is 11.6. The van der Waals surface area contributed by atoms with E-state index in [0.717, 1.165) is 17.8 Å². The Kier molecular flexibility index (Phi) is 3.64. The summed E-state index contributed by atoms with van der Waals surface area (Å²) in [5, 5.41) is 20.2. The van der Waals surface area contributed by atoms with Crippen LogP contribution >= 0.6 is 0 Å². The molecule has 5 heteroatoms. The van der Waals surface area contributed by atoms with Crippen LogP contribution in [0.4, 0.5) is 0 Å². The van der Waals surface area contributed by atoms with Crippen LogP contribution in [-0.4, -0.2) is 9.84 Å². The van der Waals surface area contributed by atoms with Gasteiger partial charge >= 0.3 is 0 Å². The Morgan fingerprint density at radius 1 is 1.28 bits per heavy atom. The van der Waals surface area contributed by atoms with Gasteiger partial charge in [0.05, 0.1) is 6.61 Å². The number of aliphatic hydroxyl groups is 1. The molecular weight excluding hydrogens is 234 g/mol. The maximum absolute atomic E-state index is 11.6. The van der Waals surface area contributed by atoms with Crippen LogP contribution < -0.4 is 10.2 Å². The minimum Gasteiger partial charge on any atom is -0.806 e. The predicted octanol–water partition coefficient (Wildman–Crippen LogP) is 1.27. The lowest BCUT2D eigenvalue weighted by Gasteiger charge is -2.17. The maximum atomic E-state index is 11.6. The second-order valence-electron chi connectivity index (χ2n) is 3.75. The summed E-state index contributed by atoms with van der Waals surface area (Å²) in [6.07, 6.45) is 1.04. The SMILES string of the molecule is O=c1cc(CO)n([O-])cc1OCc1ccccc1. The van der Waals surface area contributed by atoms with Gasteiger partial charge in [-0.15, -0.1) is 0 Å². The predicted molar refractivity (Wildman–Crippen MR) is 66.2 cm³/mol. The van der Waals surface area contributed by atoms with Crippen molar-refractivity contribution in [1.29, 1.82) is 0 Å². The summed E-state index contributed by atoms with van der Waals surface area (Å²) >= 11 is 0. The highest BCUT2D eigenvalue weighted by Crippen LogP contribution is 2.09. The standard InChI is InChI=1S/C13H12NO4/c15-8-11-6-12(16)13(7-14(11)17)18-9-10-4-2-1-3-5-10/h1-7,15H,8-9H2/q-1. The summed E-state index contributed by atoms with van der Waals surface area (Å²) in [6, 6.07) is 10.4. The molecule has 0 unspecified atom stereocenters. The summed E-state index contributed by atoms with van der Waals surface area (Å²) in [5.74, 6) is -0.0222. The van der Waals surface area contributed by atoms with Crippen LogP contribution in [0.1, 0.15) is 11.3 Å². The summed E-state index contributed by atoms with van der Waals surface area (Å²) in [7, 11) is 0. The van der Waals surface area contributed by atoms with Gasteiger partial charge in [0.15, 0.2) is 5.75 Å². The molecule has 2 aromatic rings. The van der Waals surface area contributed by atoms with Crippen LogP contribution in [0.5, 0.6) is 5.75 Å². The van der Waals surface area contributed by atoms with Crippen molar-refractivity contribution in [3.05, 3.63) is 69.3 Å². The fourth-order valence-electron chi connectivity index (χ4n) is 1.50. The lowest BCUT2D eigenvalue weighted by Crippen LogP contribution is -2.13. The van der Waals surface area contributed by atoms with Crippen molar-refractivity contribution >= 4 is 0 Å². The van der Waals surface area contributed by atoms with E-state index in [-0.39, 0.29) is 18.1 Å². The Morgan fingerprint density at radius 2 is 2.00 bits per heavy atom. The van der Waals surface area contributed by atoms with Crippen molar-refractivity contribution in [3.8, 4) is 5.75 Å². The van der Waals surface area contributed by atoms with Gasteiger partial charge in [-0.05, 0) is 5.56 Å². The van der Waals surface area contributed by atoms with Gasteiger partial charge in [0, 0.05) is 18.0 Å². The fraction of sp³-hybridized carbons (Fsp3) is 0.154. The molecule has 0 fully saturated rings. The molecule has 0 saturated heterocycles. The molecule has 0 bridgehead atoms. The van der Waals surface area contributed by atoms with E-state index in [4.69, 9.17) is 9.84 Å². The number of nitrogens with zero attached hydrogens (tertiary/aromatic N) is 1. The first-order valence-electron chi connectivity index (χ1n) is 5.41. The van der Waals surface area contributed by atoms with Crippen LogP contribution in [-0.2, 0) is 13.2 Å². The minimum absolute atomic E-state index is 0.00654. The molecule has 5 nitrogen and oxygen atoms in total. The van der Waals surface area contributed by atoms with E-state index >= 15 is 0 Å². The second-order valence-corrected chi connectivity index (χ2v) is 3.75. The molecule has 1 aromatic heterocycles. The Hall–Kier alpha value is -2.27. The third-order valence-corrected chi connectivity index (χ3v) is 2.46. The Balaban J connectivity index is 2.15. The van der Waals surface area contributed by atoms with E-state index in [1.54, 1.807) is 0 Å². The molecule has 0 radical (unpaired) electrons. The molecule has 1 N–H and O–H groups in total. The van der Waals surface area contributed by atoms with Crippen molar-refractivity contribution in [2.45, 2.75) is 13.2 Å². The first-order valence-corrected chi connectivity index (χ1v) is 5.41. The van der Waals surface area contributed by atoms with Crippen LogP contribution in [0.2, 0.25) is 0 Å². The Bertz CT molecular complexity index is 577. The zero-order chi connectivity index (χ0) is 13.0. The van der Waals surface area contributed by atoms with E-state index < -0.39 is 12.0 Å². The highest BCUT2D eigenvalue weighted by molar-refractivity contribution is 5.23. The number of ether oxygens (including phenoxy) is 1. The molecule has 0 spiro atoms. The Labute approximate surface area is 103 Å². The number of aliphatic hydroxyl groups excluding tert-OH is 1. The normalized spacial score (nSPS) is 10.3. The molecule has 1 heterocycles. The monoisotopic (exact) mass is 246 g/mol. The van der Waals surface area contributed by atoms with Gasteiger partial charge < -0.3 is 19.8 Å². The highest BCUT2D eigenvalue weighted by atomic mass is 16.5. The van der Waals surface area contributed by atoms with Crippen LogP contribution in [0.15, 0.2) is 47.4 Å². The minimum atomic E-state index is -0.474. The summed E-state index contributed by atoms with van der Waals surface area (Å²) in [5.41, 5.74) is 0.495. The van der Waals surface area contributed by atoms with E-state index in [1.165, 1.54) is 0 Å². The van der Waals surface area contributed by atoms with Crippen molar-refractivity contribution < 1.29 is 9.84 Å². The zero-order valence-electron chi connectivity index (χ0n) is 9.57. The number of benzene rings is 1. The van der Waals surface area contributed by atoms with Gasteiger partial charge in [0.25, 0.3) is 0 Å². The number of hydrogen-bond donors (Lipinski definition) is 1. The molecule has 1 aromatic carbocycles. The largest absolute Gasteiger partial charge is 0.806 e. The van der Waals surface area contributed by atoms with Crippen molar-refractivity contribution in [3.63, 3.8) is 0 Å². The van der Waals surface area contributed by atoms with Crippen LogP contribution in [0, 0.1) is 5.21 Å². The molecule has 2 rings (SSSR count). The van der Waals surface area contributed by atoms with Crippen molar-refractivity contribution in [1.82, 2.24) is 4.73 Å². The van der Waals surface area contributed by atoms with Gasteiger partial charge in [-0.1, -0.05) is 30.3 Å². The van der Waals surface area contributed by atoms with Gasteiger partial charge in [0.2, 0.25) is 5.43 Å². The molecule has 0 saturated carbocycles. The van der Waals surface area contributed by atoms with Gasteiger partial charge in [-0.25, -0.2) is 0 Å². The molecule has 18 heavy (non-hydrogen) atoms. The summed E-state index contributed by atoms with van der Waals surface area (Å²) < 4.78 is 5.72. The van der Waals surface area contributed by atoms with Crippen molar-refractivity contribution in [2.75, 3.05) is 0 Å². The lowest BCUT2D eigenvalue weighted by molar-refractivity contribution is 0.270. The average Bonchev–Trinajstić information content (AvgIpc) is 2.40. The van der Waals surface area contributed by atoms with Crippen LogP contribution in [0.25, 0.3) is 0 Å². The molecule has 0 atom stereocenters. The molecule has 0 aliphatic rings. The topological polar surface area (TPSA) is 74.5 Å². The van der Waals surface area contributed by atoms with Crippen LogP contribution in [0.3, 0.4) is 0 Å². The number of hydrogen-bond acceptors (Lipinski definition) is 4. The van der Waals surface area contributed by atoms with Gasteiger partial charge in [-0.3, -0.25) is 4.79 Å². The first-order chi connectivity index (χ1) is 8.70. The Morgan fingerprint density at radius 3 is 2.67 bits per heavy atom. The zero-order valence-corrected chi connectivity index (χ0v) is 9.57. The van der Waals surface area contributed by atoms with Gasteiger partial charge in [-0.2, -0.15) is 0 Å². The molecular formula is C13H12NO4-. The smallest absolute Gasteiger partial charge is 0.223 e. The van der Waals surface area contributed by atoms with Crippen molar-refractivity contribution in [2.24, 2.45) is 0 Å². The number of pyridine rings is 1. The number of rotatable bonds is 4. The van der Waals surface area contributed by atoms with E-state index in [0.29, 0.717) is 4.73 Å². The second kappa shape index (κ2) is 5.37. The lowest BCUT2D eigenvalue weighted by atomic mass is 10.2.